The lowest BCUT2D eigenvalue weighted by molar-refractivity contribution is -0.152. The van der Waals surface area contributed by atoms with Crippen LogP contribution in [-0.2, 0) is 9.59 Å². The highest BCUT2D eigenvalue weighted by Crippen LogP contribution is 2.63. The van der Waals surface area contributed by atoms with Crippen molar-refractivity contribution in [2.75, 3.05) is 5.32 Å². The normalized spacial score (nSPS) is 36.4. The molecule has 1 aromatic carbocycles. The molecular weight excluding hydrogens is 290 g/mol. The summed E-state index contributed by atoms with van der Waals surface area (Å²) in [5, 5.41) is 12.6. The Hall–Kier alpha value is -2.10. The fourth-order valence-corrected chi connectivity index (χ4v) is 4.74. The second-order valence-corrected chi connectivity index (χ2v) is 7.30. The van der Waals surface area contributed by atoms with E-state index in [1.165, 1.54) is 0 Å². The molecule has 0 heterocycles. The molecular formula is C19H21NO3. The van der Waals surface area contributed by atoms with Crippen LogP contribution in [0.15, 0.2) is 30.4 Å². The molecule has 120 valence electrons. The predicted molar refractivity (Wildman–Crippen MR) is 86.9 cm³/mol. The number of carbonyl (C=O) groups excluding carboxylic acids is 1. The molecule has 4 nitrogen and oxygen atoms in total. The number of allylic oxidation sites excluding steroid dienone is 2. The Bertz CT molecular complexity index is 723. The van der Waals surface area contributed by atoms with Crippen molar-refractivity contribution < 1.29 is 14.7 Å². The number of carbonyl (C=O) groups is 2. The lowest BCUT2D eigenvalue weighted by atomic mass is 9.62. The van der Waals surface area contributed by atoms with E-state index >= 15 is 0 Å². The largest absolute Gasteiger partial charge is 0.481 e. The zero-order valence-corrected chi connectivity index (χ0v) is 13.3. The highest BCUT2D eigenvalue weighted by atomic mass is 16.4. The monoisotopic (exact) mass is 311 g/mol. The number of aliphatic carboxylic acids is 1. The van der Waals surface area contributed by atoms with Gasteiger partial charge in [0, 0.05) is 5.69 Å². The Kier molecular flexibility index (Phi) is 3.12. The molecule has 4 heteroatoms. The molecule has 6 atom stereocenters. The van der Waals surface area contributed by atoms with E-state index in [-0.39, 0.29) is 17.7 Å². The van der Waals surface area contributed by atoms with Crippen LogP contribution in [0.1, 0.15) is 17.5 Å². The zero-order chi connectivity index (χ0) is 16.3. The van der Waals surface area contributed by atoms with Gasteiger partial charge in [0.2, 0.25) is 5.91 Å². The third-order valence-electron chi connectivity index (χ3n) is 5.88. The molecule has 23 heavy (non-hydrogen) atoms. The summed E-state index contributed by atoms with van der Waals surface area (Å²) in [6.07, 6.45) is 5.20. The van der Waals surface area contributed by atoms with Gasteiger partial charge in [0.1, 0.15) is 0 Å². The average Bonchev–Trinajstić information content (AvgIpc) is 3.31. The fraction of sp³-hybridized carbons (Fsp3) is 0.474. The van der Waals surface area contributed by atoms with Crippen molar-refractivity contribution >= 4 is 17.6 Å². The Morgan fingerprint density at radius 3 is 2.35 bits per heavy atom. The van der Waals surface area contributed by atoms with Crippen LogP contribution < -0.4 is 5.32 Å². The van der Waals surface area contributed by atoms with E-state index in [1.807, 2.05) is 38.1 Å². The smallest absolute Gasteiger partial charge is 0.307 e. The number of amides is 1. The van der Waals surface area contributed by atoms with Gasteiger partial charge >= 0.3 is 5.97 Å². The highest BCUT2D eigenvalue weighted by Gasteiger charge is 2.62. The van der Waals surface area contributed by atoms with E-state index in [9.17, 15) is 14.7 Å². The molecule has 5 rings (SSSR count). The summed E-state index contributed by atoms with van der Waals surface area (Å²) in [6, 6.07) is 5.88. The first-order valence-corrected chi connectivity index (χ1v) is 8.26. The molecule has 0 unspecified atom stereocenters. The Morgan fingerprint density at radius 1 is 1.09 bits per heavy atom. The van der Waals surface area contributed by atoms with Crippen molar-refractivity contribution in [2.24, 2.45) is 35.5 Å². The second-order valence-electron chi connectivity index (χ2n) is 7.30. The lowest BCUT2D eigenvalue weighted by Crippen LogP contribution is -2.48. The Balaban J connectivity index is 1.62. The standard InChI is InChI=1S/C19H21NO3/c1-9-3-6-15(10(2)7-9)20-18(21)16-11-4-5-12(14-8-13(11)14)17(16)19(22)23/h3-7,11-14,16-17H,8H2,1-2H3,(H,20,21)(H,22,23)/t11-,12-,13-,14-,16+,17-/m0/s1. The van der Waals surface area contributed by atoms with Crippen molar-refractivity contribution in [2.45, 2.75) is 20.3 Å². The molecule has 1 amide bonds. The number of nitrogens with one attached hydrogen (secondary N) is 1. The molecule has 0 spiro atoms. The van der Waals surface area contributed by atoms with E-state index < -0.39 is 17.8 Å². The summed E-state index contributed by atoms with van der Waals surface area (Å²) >= 11 is 0. The molecule has 0 aromatic heterocycles. The minimum absolute atomic E-state index is 0.0253. The number of carboxylic acid groups (broad SMARTS) is 1. The average molecular weight is 311 g/mol. The number of anilines is 1. The van der Waals surface area contributed by atoms with Crippen molar-refractivity contribution in [3.8, 4) is 0 Å². The van der Waals surface area contributed by atoms with Crippen LogP contribution >= 0.6 is 0 Å². The Morgan fingerprint density at radius 2 is 1.74 bits per heavy atom. The van der Waals surface area contributed by atoms with Gasteiger partial charge in [-0.05, 0) is 55.6 Å². The number of fused-ring (bicyclic) bond motifs is 1. The number of hydrogen-bond acceptors (Lipinski definition) is 2. The quantitative estimate of drug-likeness (QED) is 0.843. The summed E-state index contributed by atoms with van der Waals surface area (Å²) in [6.45, 7) is 3.97. The van der Waals surface area contributed by atoms with Crippen LogP contribution in [0, 0.1) is 49.4 Å². The van der Waals surface area contributed by atoms with Crippen LogP contribution in [0.3, 0.4) is 0 Å². The number of hydrogen-bond donors (Lipinski definition) is 2. The van der Waals surface area contributed by atoms with E-state index in [2.05, 4.69) is 11.4 Å². The molecule has 0 saturated heterocycles. The van der Waals surface area contributed by atoms with Crippen molar-refractivity contribution in [1.29, 1.82) is 0 Å². The van der Waals surface area contributed by atoms with Crippen LogP contribution in [0.4, 0.5) is 5.69 Å². The summed E-state index contributed by atoms with van der Waals surface area (Å²) in [7, 11) is 0. The zero-order valence-electron chi connectivity index (χ0n) is 13.3. The van der Waals surface area contributed by atoms with E-state index in [4.69, 9.17) is 0 Å². The maximum atomic E-state index is 12.9. The predicted octanol–water partition coefficient (Wildman–Crippen LogP) is 3.01. The number of aryl methyl sites for hydroxylation is 2. The molecule has 2 bridgehead atoms. The SMILES string of the molecule is Cc1ccc(NC(=O)[C@@H]2[C@H]3C=C[C@@H]([C@@H]4C[C@@H]34)[C@@H]2C(=O)O)c(C)c1. The van der Waals surface area contributed by atoms with Gasteiger partial charge in [-0.1, -0.05) is 29.8 Å². The summed E-state index contributed by atoms with van der Waals surface area (Å²) in [4.78, 5) is 24.6. The summed E-state index contributed by atoms with van der Waals surface area (Å²) in [5.74, 6) is -0.920. The highest BCUT2D eigenvalue weighted by molar-refractivity contribution is 5.96. The topological polar surface area (TPSA) is 66.4 Å². The van der Waals surface area contributed by atoms with Crippen LogP contribution in [-0.4, -0.2) is 17.0 Å². The van der Waals surface area contributed by atoms with Gasteiger partial charge in [-0.3, -0.25) is 9.59 Å². The minimum atomic E-state index is -0.838. The first-order chi connectivity index (χ1) is 11.0. The van der Waals surface area contributed by atoms with E-state index in [0.29, 0.717) is 11.8 Å². The van der Waals surface area contributed by atoms with E-state index in [1.54, 1.807) is 0 Å². The van der Waals surface area contributed by atoms with Crippen LogP contribution in [0.2, 0.25) is 0 Å². The maximum Gasteiger partial charge on any atom is 0.307 e. The van der Waals surface area contributed by atoms with Crippen molar-refractivity contribution in [3.63, 3.8) is 0 Å². The molecule has 4 aliphatic carbocycles. The molecule has 2 fully saturated rings. The van der Waals surface area contributed by atoms with Crippen LogP contribution in [0.25, 0.3) is 0 Å². The summed E-state index contributed by atoms with van der Waals surface area (Å²) < 4.78 is 0. The van der Waals surface area contributed by atoms with Gasteiger partial charge in [-0.15, -0.1) is 0 Å². The molecule has 1 aromatic rings. The maximum absolute atomic E-state index is 12.9. The first kappa shape index (κ1) is 14.5. The van der Waals surface area contributed by atoms with Gasteiger partial charge in [-0.2, -0.15) is 0 Å². The van der Waals surface area contributed by atoms with Crippen molar-refractivity contribution in [3.05, 3.63) is 41.5 Å². The van der Waals surface area contributed by atoms with Crippen LogP contribution in [0.5, 0.6) is 0 Å². The third-order valence-corrected chi connectivity index (χ3v) is 5.88. The van der Waals surface area contributed by atoms with Gasteiger partial charge in [-0.25, -0.2) is 0 Å². The molecule has 0 aliphatic heterocycles. The number of rotatable bonds is 3. The number of benzene rings is 1. The third kappa shape index (κ3) is 2.19. The molecule has 0 radical (unpaired) electrons. The van der Waals surface area contributed by atoms with E-state index in [0.717, 1.165) is 23.2 Å². The Labute approximate surface area is 135 Å². The van der Waals surface area contributed by atoms with Crippen molar-refractivity contribution in [1.82, 2.24) is 0 Å². The van der Waals surface area contributed by atoms with Gasteiger partial charge in [0.15, 0.2) is 0 Å². The molecule has 4 aliphatic rings. The summed E-state index contributed by atoms with van der Waals surface area (Å²) in [5.41, 5.74) is 2.93. The first-order valence-electron chi connectivity index (χ1n) is 8.26. The second kappa shape index (κ2) is 4.95. The van der Waals surface area contributed by atoms with Gasteiger partial charge in [0.05, 0.1) is 11.8 Å². The van der Waals surface area contributed by atoms with Gasteiger partial charge in [0.25, 0.3) is 0 Å². The minimum Gasteiger partial charge on any atom is -0.481 e. The lowest BCUT2D eigenvalue weighted by Gasteiger charge is -2.41. The van der Waals surface area contributed by atoms with Gasteiger partial charge < -0.3 is 10.4 Å². The number of carboxylic acids is 1. The molecule has 2 N–H and O–H groups in total. The fourth-order valence-electron chi connectivity index (χ4n) is 4.74. The molecule has 2 saturated carbocycles.